The first kappa shape index (κ1) is 26.6. The van der Waals surface area contributed by atoms with E-state index in [0.717, 1.165) is 38.5 Å². The molecule has 0 saturated heterocycles. The molecule has 4 saturated carbocycles. The van der Waals surface area contributed by atoms with Gasteiger partial charge < -0.3 is 5.11 Å². The van der Waals surface area contributed by atoms with Crippen LogP contribution in [0.5, 0.6) is 0 Å². The summed E-state index contributed by atoms with van der Waals surface area (Å²) in [6, 6.07) is 0. The lowest BCUT2D eigenvalue weighted by Gasteiger charge is -2.62. The van der Waals surface area contributed by atoms with Crippen LogP contribution >= 0.6 is 0 Å². The van der Waals surface area contributed by atoms with E-state index in [4.69, 9.17) is 8.74 Å². The quantitative estimate of drug-likeness (QED) is 0.453. The van der Waals surface area contributed by atoms with Gasteiger partial charge in [0.15, 0.2) is 0 Å². The van der Waals surface area contributed by atoms with E-state index in [1.807, 2.05) is 13.8 Å². The third-order valence-corrected chi connectivity index (χ3v) is 11.6. The van der Waals surface area contributed by atoms with Crippen molar-refractivity contribution in [1.29, 1.82) is 0 Å². The number of ketones is 1. The van der Waals surface area contributed by atoms with Crippen LogP contribution in [0.1, 0.15) is 98.8 Å². The summed E-state index contributed by atoms with van der Waals surface area (Å²) in [5.41, 5.74) is 0.368. The molecule has 0 aromatic rings. The first-order valence-electron chi connectivity index (χ1n) is 13.6. The number of hydrogen-bond acceptors (Lipinski definition) is 5. The molecule has 4 aliphatic rings. The standard InChI is InChI=1S/C27H46O6S/c1-16(2)24(33-34(30,31)32)9-6-17(3)20-7-8-21-25-22(11-13-27(20,21)5)26(4)12-10-19(28)14-18(26)15-23(25)29/h16-18,20-25,29H,6-15H2,1-5H3,(H,30,31,32)/t17-,18-,20-,21+,22+,23-,24-,25+,26+,27-/m1/s1. The summed E-state index contributed by atoms with van der Waals surface area (Å²) in [5, 5.41) is 11.4. The number of carbonyl (C=O) groups is 1. The number of aliphatic hydroxyl groups is 1. The third kappa shape index (κ3) is 4.76. The first-order chi connectivity index (χ1) is 15.8. The predicted octanol–water partition coefficient (Wildman–Crippen LogP) is 5.45. The van der Waals surface area contributed by atoms with Crippen molar-refractivity contribution in [3.8, 4) is 0 Å². The molecule has 0 bridgehead atoms. The van der Waals surface area contributed by atoms with E-state index in [0.29, 0.717) is 60.6 Å². The number of aliphatic hydroxyl groups excluding tert-OH is 1. The molecule has 0 amide bonds. The van der Waals surface area contributed by atoms with Crippen LogP contribution in [-0.2, 0) is 19.4 Å². The van der Waals surface area contributed by atoms with Crippen molar-refractivity contribution in [3.63, 3.8) is 0 Å². The fourth-order valence-corrected chi connectivity index (χ4v) is 9.90. The maximum absolute atomic E-state index is 12.2. The molecule has 0 unspecified atom stereocenters. The molecule has 6 nitrogen and oxygen atoms in total. The van der Waals surface area contributed by atoms with Crippen LogP contribution in [0.15, 0.2) is 0 Å². The SMILES string of the molecule is CC(C)[C@@H](CC[C@@H](C)[C@H]1CC[C@H]2[C@@H]3[C@H](O)C[C@H]4CC(=O)CC[C@]4(C)[C@H]3CC[C@]12C)OS(=O)(=O)O. The van der Waals surface area contributed by atoms with Crippen molar-refractivity contribution in [3.05, 3.63) is 0 Å². The Hall–Kier alpha value is -0.500. The van der Waals surface area contributed by atoms with E-state index < -0.39 is 16.5 Å². The van der Waals surface area contributed by atoms with Gasteiger partial charge in [0, 0.05) is 12.8 Å². The average Bonchev–Trinajstić information content (AvgIpc) is 3.08. The van der Waals surface area contributed by atoms with Crippen LogP contribution in [0.2, 0.25) is 0 Å². The van der Waals surface area contributed by atoms with Crippen LogP contribution in [0.25, 0.3) is 0 Å². The number of fused-ring (bicyclic) bond motifs is 5. The van der Waals surface area contributed by atoms with Gasteiger partial charge in [-0.15, -0.1) is 0 Å². The highest BCUT2D eigenvalue weighted by atomic mass is 32.3. The fraction of sp³-hybridized carbons (Fsp3) is 0.963. The van der Waals surface area contributed by atoms with Gasteiger partial charge in [0.25, 0.3) is 0 Å². The molecule has 7 heteroatoms. The normalized spacial score (nSPS) is 44.3. The molecule has 0 aromatic heterocycles. The maximum Gasteiger partial charge on any atom is 0.397 e. The Labute approximate surface area is 206 Å². The lowest BCUT2D eigenvalue weighted by Crippen LogP contribution is -2.58. The van der Waals surface area contributed by atoms with Crippen molar-refractivity contribution >= 4 is 16.2 Å². The van der Waals surface area contributed by atoms with Gasteiger partial charge in [-0.2, -0.15) is 8.42 Å². The van der Waals surface area contributed by atoms with Gasteiger partial charge in [-0.05, 0) is 104 Å². The van der Waals surface area contributed by atoms with E-state index in [1.54, 1.807) is 0 Å². The van der Waals surface area contributed by atoms with Crippen LogP contribution in [0, 0.1) is 52.3 Å². The van der Waals surface area contributed by atoms with E-state index in [9.17, 15) is 18.3 Å². The Morgan fingerprint density at radius 2 is 1.71 bits per heavy atom. The van der Waals surface area contributed by atoms with Gasteiger partial charge in [0.1, 0.15) is 5.78 Å². The van der Waals surface area contributed by atoms with E-state index >= 15 is 0 Å². The zero-order valence-electron chi connectivity index (χ0n) is 21.7. The molecule has 34 heavy (non-hydrogen) atoms. The molecule has 196 valence electrons. The molecular weight excluding hydrogens is 452 g/mol. The summed E-state index contributed by atoms with van der Waals surface area (Å²) >= 11 is 0. The summed E-state index contributed by atoms with van der Waals surface area (Å²) < 4.78 is 36.7. The summed E-state index contributed by atoms with van der Waals surface area (Å²) in [6.07, 6.45) is 8.40. The van der Waals surface area contributed by atoms with Crippen molar-refractivity contribution in [2.45, 2.75) is 111 Å². The van der Waals surface area contributed by atoms with E-state index in [2.05, 4.69) is 20.8 Å². The van der Waals surface area contributed by atoms with Crippen LogP contribution in [-0.4, -0.2) is 36.1 Å². The highest BCUT2D eigenvalue weighted by Gasteiger charge is 2.62. The number of carbonyl (C=O) groups excluding carboxylic acids is 1. The molecule has 4 aliphatic carbocycles. The van der Waals surface area contributed by atoms with Crippen molar-refractivity contribution in [2.75, 3.05) is 0 Å². The van der Waals surface area contributed by atoms with Crippen LogP contribution in [0.3, 0.4) is 0 Å². The monoisotopic (exact) mass is 498 g/mol. The number of rotatable bonds is 7. The van der Waals surface area contributed by atoms with Gasteiger partial charge in [0.05, 0.1) is 12.2 Å². The second-order valence-corrected chi connectivity index (χ2v) is 14.2. The molecule has 0 heterocycles. The predicted molar refractivity (Wildman–Crippen MR) is 131 cm³/mol. The summed E-state index contributed by atoms with van der Waals surface area (Å²) in [7, 11) is -4.45. The Bertz CT molecular complexity index is 870. The highest BCUT2D eigenvalue weighted by molar-refractivity contribution is 7.80. The second-order valence-electron chi connectivity index (χ2n) is 13.1. The number of Topliss-reactive ketones (excluding diaryl/α,β-unsaturated/α-hetero) is 1. The molecule has 0 aromatic carbocycles. The lowest BCUT2D eigenvalue weighted by atomic mass is 9.44. The van der Waals surface area contributed by atoms with Crippen molar-refractivity contribution in [2.24, 2.45) is 52.3 Å². The Balaban J connectivity index is 1.47. The second kappa shape index (κ2) is 9.42. The van der Waals surface area contributed by atoms with Crippen LogP contribution in [0.4, 0.5) is 0 Å². The topological polar surface area (TPSA) is 101 Å². The van der Waals surface area contributed by atoms with Crippen molar-refractivity contribution in [1.82, 2.24) is 0 Å². The molecular formula is C27H46O6S. The van der Waals surface area contributed by atoms with Crippen molar-refractivity contribution < 1.29 is 27.1 Å². The van der Waals surface area contributed by atoms with Gasteiger partial charge in [0.2, 0.25) is 0 Å². The van der Waals surface area contributed by atoms with Gasteiger partial charge in [-0.1, -0.05) is 34.6 Å². The molecule has 4 fully saturated rings. The number of hydrogen-bond donors (Lipinski definition) is 2. The molecule has 2 N–H and O–H groups in total. The fourth-order valence-electron chi connectivity index (χ4n) is 9.27. The van der Waals surface area contributed by atoms with Gasteiger partial charge in [-0.25, -0.2) is 4.18 Å². The minimum absolute atomic E-state index is 0.00456. The van der Waals surface area contributed by atoms with Gasteiger partial charge >= 0.3 is 10.4 Å². The first-order valence-corrected chi connectivity index (χ1v) is 15.0. The largest absolute Gasteiger partial charge is 0.397 e. The zero-order chi connectivity index (χ0) is 25.1. The molecule has 0 radical (unpaired) electrons. The van der Waals surface area contributed by atoms with E-state index in [1.165, 1.54) is 6.42 Å². The van der Waals surface area contributed by atoms with Crippen LogP contribution < -0.4 is 0 Å². The Morgan fingerprint density at radius 1 is 1.03 bits per heavy atom. The maximum atomic E-state index is 12.2. The minimum atomic E-state index is -4.45. The molecule has 4 rings (SSSR count). The lowest BCUT2D eigenvalue weighted by molar-refractivity contribution is -0.169. The Morgan fingerprint density at radius 3 is 2.35 bits per heavy atom. The summed E-state index contributed by atoms with van der Waals surface area (Å²) in [5.74, 6) is 3.04. The third-order valence-electron chi connectivity index (χ3n) is 11.2. The minimum Gasteiger partial charge on any atom is -0.393 e. The molecule has 0 spiro atoms. The van der Waals surface area contributed by atoms with E-state index in [-0.39, 0.29) is 22.9 Å². The highest BCUT2D eigenvalue weighted by Crippen LogP contribution is 2.68. The molecule has 10 atom stereocenters. The summed E-state index contributed by atoms with van der Waals surface area (Å²) in [4.78, 5) is 12.2. The summed E-state index contributed by atoms with van der Waals surface area (Å²) in [6.45, 7) is 11.0. The Kier molecular flexibility index (Phi) is 7.36. The average molecular weight is 499 g/mol. The zero-order valence-corrected chi connectivity index (χ0v) is 22.5. The van der Waals surface area contributed by atoms with Gasteiger partial charge in [-0.3, -0.25) is 9.35 Å². The smallest absolute Gasteiger partial charge is 0.393 e. The molecule has 0 aliphatic heterocycles.